The minimum Gasteiger partial charge on any atom is -0.374 e. The number of anilines is 1. The first-order chi connectivity index (χ1) is 9.40. The van der Waals surface area contributed by atoms with Crippen LogP contribution in [-0.2, 0) is 6.54 Å². The second-order valence-corrected chi connectivity index (χ2v) is 6.32. The summed E-state index contributed by atoms with van der Waals surface area (Å²) in [6.07, 6.45) is 1.16. The van der Waals surface area contributed by atoms with Crippen LogP contribution in [0.4, 0.5) is 5.69 Å². The lowest BCUT2D eigenvalue weighted by Gasteiger charge is -2.24. The monoisotopic (exact) mass is 297 g/mol. The highest BCUT2D eigenvalue weighted by atomic mass is 35.5. The normalized spacial score (nSPS) is 11.4. The predicted octanol–water partition coefficient (Wildman–Crippen LogP) is 3.23. The van der Waals surface area contributed by atoms with Crippen LogP contribution in [0.5, 0.6) is 0 Å². The molecule has 20 heavy (non-hydrogen) atoms. The van der Waals surface area contributed by atoms with E-state index in [4.69, 9.17) is 11.6 Å². The predicted molar refractivity (Wildman–Crippen MR) is 89.9 cm³/mol. The molecule has 1 rings (SSSR count). The lowest BCUT2D eigenvalue weighted by molar-refractivity contribution is 0.401. The maximum atomic E-state index is 6.13. The summed E-state index contributed by atoms with van der Waals surface area (Å²) in [6.45, 7) is 7.33. The van der Waals surface area contributed by atoms with Gasteiger partial charge in [-0.2, -0.15) is 0 Å². The molecule has 0 aliphatic carbocycles. The Labute approximate surface area is 128 Å². The van der Waals surface area contributed by atoms with Gasteiger partial charge in [-0.1, -0.05) is 25.4 Å². The lowest BCUT2D eigenvalue weighted by Crippen LogP contribution is -2.26. The average molecular weight is 298 g/mol. The zero-order valence-electron chi connectivity index (χ0n) is 13.4. The fourth-order valence-corrected chi connectivity index (χ4v) is 2.32. The van der Waals surface area contributed by atoms with Gasteiger partial charge in [0.25, 0.3) is 0 Å². The van der Waals surface area contributed by atoms with Gasteiger partial charge in [0.15, 0.2) is 0 Å². The van der Waals surface area contributed by atoms with E-state index in [2.05, 4.69) is 62.2 Å². The molecule has 0 heterocycles. The highest BCUT2D eigenvalue weighted by molar-refractivity contribution is 6.30. The van der Waals surface area contributed by atoms with Crippen molar-refractivity contribution in [3.8, 4) is 0 Å². The summed E-state index contributed by atoms with van der Waals surface area (Å²) in [5, 5.41) is 4.27. The first-order valence-electron chi connectivity index (χ1n) is 7.28. The van der Waals surface area contributed by atoms with E-state index >= 15 is 0 Å². The van der Waals surface area contributed by atoms with E-state index in [-0.39, 0.29) is 0 Å². The van der Waals surface area contributed by atoms with Crippen LogP contribution in [0, 0.1) is 0 Å². The second-order valence-electron chi connectivity index (χ2n) is 5.89. The minimum absolute atomic E-state index is 0.473. The number of halogens is 1. The van der Waals surface area contributed by atoms with Crippen molar-refractivity contribution in [3.63, 3.8) is 0 Å². The Balaban J connectivity index is 2.71. The van der Waals surface area contributed by atoms with E-state index in [0.29, 0.717) is 6.04 Å². The van der Waals surface area contributed by atoms with Crippen molar-refractivity contribution in [2.24, 2.45) is 0 Å². The van der Waals surface area contributed by atoms with E-state index in [1.54, 1.807) is 0 Å². The molecule has 3 nitrogen and oxygen atoms in total. The Kier molecular flexibility index (Phi) is 7.35. The van der Waals surface area contributed by atoms with E-state index in [0.717, 1.165) is 31.1 Å². The van der Waals surface area contributed by atoms with Crippen LogP contribution in [-0.4, -0.2) is 45.2 Å². The average Bonchev–Trinajstić information content (AvgIpc) is 2.35. The molecule has 0 spiro atoms. The molecule has 0 radical (unpaired) electrons. The van der Waals surface area contributed by atoms with Crippen molar-refractivity contribution in [3.05, 3.63) is 28.8 Å². The fraction of sp³-hybridized carbons (Fsp3) is 0.625. The summed E-state index contributed by atoms with van der Waals surface area (Å²) in [5.74, 6) is 0. The quantitative estimate of drug-likeness (QED) is 0.795. The molecule has 114 valence electrons. The van der Waals surface area contributed by atoms with Crippen LogP contribution in [0.25, 0.3) is 0 Å². The van der Waals surface area contributed by atoms with Crippen molar-refractivity contribution in [2.45, 2.75) is 32.9 Å². The van der Waals surface area contributed by atoms with E-state index in [9.17, 15) is 0 Å². The van der Waals surface area contributed by atoms with E-state index in [1.165, 1.54) is 11.3 Å². The Morgan fingerprint density at radius 1 is 1.15 bits per heavy atom. The van der Waals surface area contributed by atoms with Crippen LogP contribution in [0.1, 0.15) is 25.8 Å². The van der Waals surface area contributed by atoms with Crippen LogP contribution in [0.3, 0.4) is 0 Å². The third-order valence-corrected chi connectivity index (χ3v) is 3.49. The molecule has 0 saturated carbocycles. The maximum absolute atomic E-state index is 6.13. The Bertz CT molecular complexity index is 405. The largest absolute Gasteiger partial charge is 0.374 e. The lowest BCUT2D eigenvalue weighted by atomic mass is 10.1. The van der Waals surface area contributed by atoms with Gasteiger partial charge in [0, 0.05) is 36.9 Å². The molecule has 0 aliphatic heterocycles. The Morgan fingerprint density at radius 2 is 1.85 bits per heavy atom. The third-order valence-electron chi connectivity index (χ3n) is 3.25. The third kappa shape index (κ3) is 6.12. The Hall–Kier alpha value is -0.770. The van der Waals surface area contributed by atoms with Crippen molar-refractivity contribution < 1.29 is 0 Å². The molecule has 0 amide bonds. The standard InChI is InChI=1S/C16H28ClN3/c1-13(2)18-12-14-11-15(17)7-8-16(14)20(5)10-6-9-19(3)4/h7-8,11,13,18H,6,9-10,12H2,1-5H3. The SMILES string of the molecule is CC(C)NCc1cc(Cl)ccc1N(C)CCCN(C)C. The molecule has 1 aromatic carbocycles. The van der Waals surface area contributed by atoms with Gasteiger partial charge in [-0.05, 0) is 50.8 Å². The van der Waals surface area contributed by atoms with Crippen molar-refractivity contribution in [1.29, 1.82) is 0 Å². The molecule has 0 aliphatic rings. The van der Waals surface area contributed by atoms with Gasteiger partial charge in [-0.15, -0.1) is 0 Å². The molecule has 0 bridgehead atoms. The first-order valence-corrected chi connectivity index (χ1v) is 7.65. The number of hydrogen-bond donors (Lipinski definition) is 1. The minimum atomic E-state index is 0.473. The molecule has 0 unspecified atom stereocenters. The zero-order valence-corrected chi connectivity index (χ0v) is 14.2. The molecule has 1 N–H and O–H groups in total. The topological polar surface area (TPSA) is 18.5 Å². The molecule has 0 saturated heterocycles. The van der Waals surface area contributed by atoms with Gasteiger partial charge in [-0.3, -0.25) is 0 Å². The number of benzene rings is 1. The molecule has 0 fully saturated rings. The molecular weight excluding hydrogens is 270 g/mol. The van der Waals surface area contributed by atoms with Gasteiger partial charge >= 0.3 is 0 Å². The molecule has 1 aromatic rings. The summed E-state index contributed by atoms with van der Waals surface area (Å²) in [5.41, 5.74) is 2.53. The molecule has 0 aromatic heterocycles. The summed E-state index contributed by atoms with van der Waals surface area (Å²) >= 11 is 6.13. The van der Waals surface area contributed by atoms with Crippen molar-refractivity contribution >= 4 is 17.3 Å². The number of nitrogens with zero attached hydrogens (tertiary/aromatic N) is 2. The first kappa shape index (κ1) is 17.3. The van der Waals surface area contributed by atoms with Crippen molar-refractivity contribution in [2.75, 3.05) is 39.1 Å². The Morgan fingerprint density at radius 3 is 2.45 bits per heavy atom. The molecular formula is C16H28ClN3. The number of hydrogen-bond acceptors (Lipinski definition) is 3. The van der Waals surface area contributed by atoms with E-state index < -0.39 is 0 Å². The van der Waals surface area contributed by atoms with Crippen LogP contribution in [0.15, 0.2) is 18.2 Å². The molecule has 0 atom stereocenters. The summed E-state index contributed by atoms with van der Waals surface area (Å²) in [7, 11) is 6.37. The summed E-state index contributed by atoms with van der Waals surface area (Å²) < 4.78 is 0. The van der Waals surface area contributed by atoms with Crippen LogP contribution in [0.2, 0.25) is 5.02 Å². The maximum Gasteiger partial charge on any atom is 0.0410 e. The summed E-state index contributed by atoms with van der Waals surface area (Å²) in [4.78, 5) is 4.54. The second kappa shape index (κ2) is 8.50. The van der Waals surface area contributed by atoms with Gasteiger partial charge in [0.2, 0.25) is 0 Å². The fourth-order valence-electron chi connectivity index (χ4n) is 2.13. The van der Waals surface area contributed by atoms with Gasteiger partial charge in [-0.25, -0.2) is 0 Å². The summed E-state index contributed by atoms with van der Waals surface area (Å²) in [6, 6.07) is 6.63. The van der Waals surface area contributed by atoms with Gasteiger partial charge in [0.1, 0.15) is 0 Å². The van der Waals surface area contributed by atoms with Gasteiger partial charge in [0.05, 0.1) is 0 Å². The smallest absolute Gasteiger partial charge is 0.0410 e. The highest BCUT2D eigenvalue weighted by Crippen LogP contribution is 2.24. The zero-order chi connectivity index (χ0) is 15.1. The number of rotatable bonds is 8. The number of nitrogens with one attached hydrogen (secondary N) is 1. The van der Waals surface area contributed by atoms with Gasteiger partial charge < -0.3 is 15.1 Å². The molecule has 4 heteroatoms. The van der Waals surface area contributed by atoms with Crippen LogP contribution >= 0.6 is 11.6 Å². The van der Waals surface area contributed by atoms with Crippen molar-refractivity contribution in [1.82, 2.24) is 10.2 Å². The van der Waals surface area contributed by atoms with Crippen LogP contribution < -0.4 is 10.2 Å². The van der Waals surface area contributed by atoms with E-state index in [1.807, 2.05) is 6.07 Å². The highest BCUT2D eigenvalue weighted by Gasteiger charge is 2.09.